The molecule has 4 N–H and O–H groups in total. The van der Waals surface area contributed by atoms with Gasteiger partial charge in [0.2, 0.25) is 11.9 Å². The molecule has 0 bridgehead atoms. The van der Waals surface area contributed by atoms with Gasteiger partial charge in [-0.15, -0.1) is 0 Å². The van der Waals surface area contributed by atoms with Crippen LogP contribution < -0.4 is 16.6 Å². The van der Waals surface area contributed by atoms with E-state index in [0.29, 0.717) is 31.0 Å². The topological polar surface area (TPSA) is 129 Å². The Kier molecular flexibility index (Phi) is 5.35. The summed E-state index contributed by atoms with van der Waals surface area (Å²) < 4.78 is 6.89. The van der Waals surface area contributed by atoms with E-state index < -0.39 is 0 Å². The van der Waals surface area contributed by atoms with Gasteiger partial charge < -0.3 is 10.1 Å². The van der Waals surface area contributed by atoms with Crippen LogP contribution in [0.15, 0.2) is 12.7 Å². The average Bonchev–Trinajstić information content (AvgIpc) is 3.00. The number of anilines is 2. The van der Waals surface area contributed by atoms with Gasteiger partial charge in [-0.25, -0.2) is 10.8 Å². The van der Waals surface area contributed by atoms with E-state index in [1.54, 1.807) is 0 Å². The largest absolute Gasteiger partial charge is 0.379 e. The molecule has 0 saturated carbocycles. The van der Waals surface area contributed by atoms with Gasteiger partial charge in [0.25, 0.3) is 5.95 Å². The van der Waals surface area contributed by atoms with Gasteiger partial charge in [-0.2, -0.15) is 24.7 Å². The second kappa shape index (κ2) is 7.45. The summed E-state index contributed by atoms with van der Waals surface area (Å²) in [5.74, 6) is 6.80. The lowest BCUT2D eigenvalue weighted by atomic mass is 10.2. The number of hydrogen-bond donors (Lipinski definition) is 3. The summed E-state index contributed by atoms with van der Waals surface area (Å²) in [7, 11) is 0. The number of nitrogens with one attached hydrogen (secondary N) is 2. The molecule has 2 heterocycles. The molecule has 0 aliphatic rings. The van der Waals surface area contributed by atoms with Crippen LogP contribution in [-0.2, 0) is 4.74 Å². The summed E-state index contributed by atoms with van der Waals surface area (Å²) in [6.07, 6.45) is 2.89. The summed E-state index contributed by atoms with van der Waals surface area (Å²) in [5.41, 5.74) is 2.39. The molecular formula is C11H19N9O. The fourth-order valence-corrected chi connectivity index (χ4v) is 1.48. The summed E-state index contributed by atoms with van der Waals surface area (Å²) >= 11 is 0. The van der Waals surface area contributed by atoms with Gasteiger partial charge in [-0.3, -0.25) is 5.43 Å². The first kappa shape index (κ1) is 15.1. The van der Waals surface area contributed by atoms with Crippen LogP contribution in [0, 0.1) is 5.92 Å². The maximum absolute atomic E-state index is 5.47. The van der Waals surface area contributed by atoms with Gasteiger partial charge in [-0.05, 0) is 5.92 Å². The molecule has 21 heavy (non-hydrogen) atoms. The van der Waals surface area contributed by atoms with Crippen LogP contribution in [0.2, 0.25) is 0 Å². The monoisotopic (exact) mass is 293 g/mol. The summed E-state index contributed by atoms with van der Waals surface area (Å²) in [6.45, 7) is 6.07. The van der Waals surface area contributed by atoms with Crippen molar-refractivity contribution in [3.05, 3.63) is 12.7 Å². The third-order valence-electron chi connectivity index (χ3n) is 2.36. The molecule has 10 nitrogen and oxygen atoms in total. The van der Waals surface area contributed by atoms with Crippen molar-refractivity contribution in [2.75, 3.05) is 30.5 Å². The molecule has 2 aromatic rings. The van der Waals surface area contributed by atoms with Crippen molar-refractivity contribution in [2.45, 2.75) is 13.8 Å². The van der Waals surface area contributed by atoms with Gasteiger partial charge in [0.1, 0.15) is 12.7 Å². The lowest BCUT2D eigenvalue weighted by Crippen LogP contribution is -2.18. The lowest BCUT2D eigenvalue weighted by Gasteiger charge is -2.09. The number of nitrogens with zero attached hydrogens (tertiary/aromatic N) is 6. The highest BCUT2D eigenvalue weighted by atomic mass is 16.5. The number of nitrogens with two attached hydrogens (primary N) is 1. The number of ether oxygens (including phenoxy) is 1. The van der Waals surface area contributed by atoms with Gasteiger partial charge in [0, 0.05) is 13.2 Å². The highest BCUT2D eigenvalue weighted by Gasteiger charge is 2.07. The van der Waals surface area contributed by atoms with E-state index in [2.05, 4.69) is 49.6 Å². The predicted molar refractivity (Wildman–Crippen MR) is 76.7 cm³/mol. The van der Waals surface area contributed by atoms with Crippen LogP contribution in [0.1, 0.15) is 13.8 Å². The quantitative estimate of drug-likeness (QED) is 0.345. The highest BCUT2D eigenvalue weighted by Crippen LogP contribution is 2.07. The number of aromatic nitrogens is 6. The number of hydrazine groups is 1. The number of rotatable bonds is 8. The van der Waals surface area contributed by atoms with Crippen LogP contribution in [0.4, 0.5) is 11.9 Å². The van der Waals surface area contributed by atoms with Crippen LogP contribution in [0.5, 0.6) is 0 Å². The first-order valence-electron chi connectivity index (χ1n) is 6.58. The molecule has 114 valence electrons. The molecule has 10 heteroatoms. The Morgan fingerprint density at radius 3 is 2.76 bits per heavy atom. The molecule has 0 amide bonds. The van der Waals surface area contributed by atoms with E-state index in [1.165, 1.54) is 17.3 Å². The number of nitrogen functional groups attached to an aromatic ring is 1. The maximum Gasteiger partial charge on any atom is 0.258 e. The van der Waals surface area contributed by atoms with E-state index in [9.17, 15) is 0 Å². The van der Waals surface area contributed by atoms with Crippen molar-refractivity contribution in [3.63, 3.8) is 0 Å². The van der Waals surface area contributed by atoms with E-state index in [1.807, 2.05) is 0 Å². The number of hydrogen-bond acceptors (Lipinski definition) is 9. The van der Waals surface area contributed by atoms with Gasteiger partial charge in [0.15, 0.2) is 0 Å². The Hall–Kier alpha value is -2.33. The molecular weight excluding hydrogens is 274 g/mol. The highest BCUT2D eigenvalue weighted by molar-refractivity contribution is 5.36. The van der Waals surface area contributed by atoms with Crippen molar-refractivity contribution in [1.29, 1.82) is 0 Å². The van der Waals surface area contributed by atoms with E-state index in [0.717, 1.165) is 6.61 Å². The van der Waals surface area contributed by atoms with Crippen LogP contribution in [0.25, 0.3) is 5.95 Å². The Morgan fingerprint density at radius 1 is 1.29 bits per heavy atom. The maximum atomic E-state index is 5.47. The van der Waals surface area contributed by atoms with Crippen molar-refractivity contribution in [2.24, 2.45) is 11.8 Å². The standard InChI is InChI=1S/C11H19N9O/c1-8(2)5-21-4-3-14-9-16-10(19-12)18-11(17-9)20-7-13-6-15-20/h6-8H,3-5,12H2,1-2H3,(H2,14,16,17,18,19). The van der Waals surface area contributed by atoms with Gasteiger partial charge >= 0.3 is 0 Å². The smallest absolute Gasteiger partial charge is 0.258 e. The second-order valence-corrected chi connectivity index (χ2v) is 4.66. The first-order valence-corrected chi connectivity index (χ1v) is 6.58. The summed E-state index contributed by atoms with van der Waals surface area (Å²) in [4.78, 5) is 16.3. The third-order valence-corrected chi connectivity index (χ3v) is 2.36. The Morgan fingerprint density at radius 2 is 2.10 bits per heavy atom. The van der Waals surface area contributed by atoms with Crippen molar-refractivity contribution < 1.29 is 4.74 Å². The van der Waals surface area contributed by atoms with Crippen LogP contribution in [-0.4, -0.2) is 49.5 Å². The zero-order valence-electron chi connectivity index (χ0n) is 12.0. The van der Waals surface area contributed by atoms with Gasteiger partial charge in [0.05, 0.1) is 6.61 Å². The summed E-state index contributed by atoms with van der Waals surface area (Å²) in [6, 6.07) is 0. The minimum absolute atomic E-state index is 0.237. The molecule has 0 spiro atoms. The molecule has 2 aromatic heterocycles. The zero-order valence-corrected chi connectivity index (χ0v) is 12.0. The van der Waals surface area contributed by atoms with E-state index >= 15 is 0 Å². The van der Waals surface area contributed by atoms with Crippen LogP contribution in [0.3, 0.4) is 0 Å². The van der Waals surface area contributed by atoms with Crippen LogP contribution >= 0.6 is 0 Å². The Balaban J connectivity index is 1.97. The Labute approximate surface area is 122 Å². The molecule has 0 aliphatic heterocycles. The SMILES string of the molecule is CC(C)COCCNc1nc(NN)nc(-n2cncn2)n1. The molecule has 0 atom stereocenters. The first-order chi connectivity index (χ1) is 10.2. The Bertz CT molecular complexity index is 543. The predicted octanol–water partition coefficient (Wildman–Crippen LogP) is -0.178. The summed E-state index contributed by atoms with van der Waals surface area (Å²) in [5, 5.41) is 7.01. The minimum Gasteiger partial charge on any atom is -0.379 e. The fourth-order valence-electron chi connectivity index (χ4n) is 1.48. The molecule has 0 fully saturated rings. The molecule has 0 aliphatic carbocycles. The van der Waals surface area contributed by atoms with Crippen molar-refractivity contribution in [1.82, 2.24) is 29.7 Å². The van der Waals surface area contributed by atoms with E-state index in [4.69, 9.17) is 10.6 Å². The van der Waals surface area contributed by atoms with Gasteiger partial charge in [-0.1, -0.05) is 13.8 Å². The fraction of sp³-hybridized carbons (Fsp3) is 0.545. The lowest BCUT2D eigenvalue weighted by molar-refractivity contribution is 0.118. The molecule has 0 aromatic carbocycles. The minimum atomic E-state index is 0.237. The van der Waals surface area contributed by atoms with E-state index in [-0.39, 0.29) is 5.95 Å². The van der Waals surface area contributed by atoms with Crippen molar-refractivity contribution >= 4 is 11.9 Å². The van der Waals surface area contributed by atoms with Crippen molar-refractivity contribution in [3.8, 4) is 5.95 Å². The average molecular weight is 293 g/mol. The third kappa shape index (κ3) is 4.61. The molecule has 0 saturated heterocycles. The molecule has 2 rings (SSSR count). The zero-order chi connectivity index (χ0) is 15.1. The molecule has 0 unspecified atom stereocenters. The normalized spacial score (nSPS) is 10.9. The second-order valence-electron chi connectivity index (χ2n) is 4.66. The molecule has 0 radical (unpaired) electrons.